The molecule has 1 aliphatic rings. The molecule has 0 atom stereocenters. The summed E-state index contributed by atoms with van der Waals surface area (Å²) in [5, 5.41) is 24.1. The van der Waals surface area contributed by atoms with Crippen molar-refractivity contribution in [1.29, 1.82) is 0 Å². The summed E-state index contributed by atoms with van der Waals surface area (Å²) in [7, 11) is 0. The molecule has 148 valence electrons. The summed E-state index contributed by atoms with van der Waals surface area (Å²) in [6, 6.07) is 20.2. The molecular formula is C23H22N3O3-. The van der Waals surface area contributed by atoms with Crippen molar-refractivity contribution in [3.63, 3.8) is 0 Å². The monoisotopic (exact) mass is 388 g/mol. The minimum atomic E-state index is -0.454. The number of benzene rings is 3. The molecule has 0 aromatic heterocycles. The van der Waals surface area contributed by atoms with Gasteiger partial charge in [0.2, 0.25) is 0 Å². The third kappa shape index (κ3) is 3.61. The molecule has 29 heavy (non-hydrogen) atoms. The van der Waals surface area contributed by atoms with Crippen LogP contribution in [0.1, 0.15) is 22.9 Å². The molecule has 0 bridgehead atoms. The molecule has 1 heterocycles. The van der Waals surface area contributed by atoms with Crippen molar-refractivity contribution in [2.75, 3.05) is 22.9 Å². The molecular weight excluding hydrogens is 366 g/mol. The molecule has 3 aromatic carbocycles. The molecule has 6 nitrogen and oxygen atoms in total. The highest BCUT2D eigenvalue weighted by Crippen LogP contribution is 2.41. The zero-order valence-electron chi connectivity index (χ0n) is 16.4. The molecule has 0 radical (unpaired) electrons. The number of rotatable bonds is 4. The van der Waals surface area contributed by atoms with E-state index in [-0.39, 0.29) is 11.4 Å². The van der Waals surface area contributed by atoms with Gasteiger partial charge in [-0.05, 0) is 43.7 Å². The summed E-state index contributed by atoms with van der Waals surface area (Å²) < 4.78 is 0. The van der Waals surface area contributed by atoms with E-state index >= 15 is 0 Å². The van der Waals surface area contributed by atoms with E-state index in [9.17, 15) is 15.2 Å². The van der Waals surface area contributed by atoms with Gasteiger partial charge in [-0.15, -0.1) is 5.75 Å². The van der Waals surface area contributed by atoms with Crippen molar-refractivity contribution in [1.82, 2.24) is 0 Å². The van der Waals surface area contributed by atoms with E-state index < -0.39 is 11.1 Å². The minimum Gasteiger partial charge on any atom is -0.872 e. The summed E-state index contributed by atoms with van der Waals surface area (Å²) in [6.07, 6.45) is -0.409. The van der Waals surface area contributed by atoms with Gasteiger partial charge < -0.3 is 14.9 Å². The van der Waals surface area contributed by atoms with Crippen LogP contribution in [0, 0.1) is 24.0 Å². The first-order chi connectivity index (χ1) is 13.9. The van der Waals surface area contributed by atoms with E-state index in [1.807, 2.05) is 62.4 Å². The third-order valence-electron chi connectivity index (χ3n) is 5.39. The van der Waals surface area contributed by atoms with Gasteiger partial charge in [0.25, 0.3) is 5.69 Å². The first-order valence-corrected chi connectivity index (χ1v) is 9.56. The largest absolute Gasteiger partial charge is 0.872 e. The van der Waals surface area contributed by atoms with Crippen LogP contribution in [0.2, 0.25) is 0 Å². The number of nitrogens with zero attached hydrogens (tertiary/aromatic N) is 3. The van der Waals surface area contributed by atoms with Crippen LogP contribution in [-0.2, 0) is 0 Å². The second kappa shape index (κ2) is 7.47. The number of hydrogen-bond acceptors (Lipinski definition) is 5. The maximum absolute atomic E-state index is 12.8. The Labute approximate surface area is 169 Å². The van der Waals surface area contributed by atoms with Gasteiger partial charge in [-0.3, -0.25) is 10.1 Å². The lowest BCUT2D eigenvalue weighted by molar-refractivity contribution is -0.385. The summed E-state index contributed by atoms with van der Waals surface area (Å²) in [5.41, 5.74) is 4.62. The maximum atomic E-state index is 12.8. The predicted octanol–water partition coefficient (Wildman–Crippen LogP) is 4.31. The highest BCUT2D eigenvalue weighted by molar-refractivity contribution is 5.62. The first-order valence-electron chi connectivity index (χ1n) is 9.56. The molecule has 0 spiro atoms. The normalized spacial score (nSPS) is 14.4. The molecule has 3 aromatic rings. The van der Waals surface area contributed by atoms with Gasteiger partial charge in [0.05, 0.1) is 4.92 Å². The lowest BCUT2D eigenvalue weighted by Crippen LogP contribution is -2.31. The summed E-state index contributed by atoms with van der Waals surface area (Å²) in [5.74, 6) is -0.197. The van der Waals surface area contributed by atoms with E-state index in [4.69, 9.17) is 0 Å². The fourth-order valence-corrected chi connectivity index (χ4v) is 3.83. The Hall–Kier alpha value is -3.54. The van der Waals surface area contributed by atoms with Gasteiger partial charge in [-0.25, -0.2) is 0 Å². The predicted molar refractivity (Wildman–Crippen MR) is 112 cm³/mol. The Morgan fingerprint density at radius 1 is 0.828 bits per heavy atom. The van der Waals surface area contributed by atoms with E-state index in [1.54, 1.807) is 0 Å². The van der Waals surface area contributed by atoms with Crippen molar-refractivity contribution in [3.05, 3.63) is 93.5 Å². The number of nitro groups is 1. The SMILES string of the molecule is Cc1ccc(N2CCN(c3ccc(C)cc3)C2c2cc([N+](=O)[O-])ccc2[O-])cc1. The molecule has 4 rings (SSSR count). The van der Waals surface area contributed by atoms with E-state index in [0.717, 1.165) is 22.5 Å². The first kappa shape index (κ1) is 18.8. The summed E-state index contributed by atoms with van der Waals surface area (Å²) in [6.45, 7) is 5.48. The molecule has 1 saturated heterocycles. The standard InChI is InChI=1S/C23H23N3O3/c1-16-3-7-18(8-4-16)24-13-14-25(19-9-5-17(2)6-10-19)23(24)21-15-20(26(28)29)11-12-22(21)27/h3-12,15,23,27H,13-14H2,1-2H3/p-1. The van der Waals surface area contributed by atoms with Crippen molar-refractivity contribution in [3.8, 4) is 5.75 Å². The minimum absolute atomic E-state index is 0.0702. The number of aryl methyl sites for hydroxylation is 2. The smallest absolute Gasteiger partial charge is 0.269 e. The van der Waals surface area contributed by atoms with Crippen LogP contribution >= 0.6 is 0 Å². The lowest BCUT2D eigenvalue weighted by atomic mass is 10.1. The fourth-order valence-electron chi connectivity index (χ4n) is 3.83. The van der Waals surface area contributed by atoms with E-state index in [0.29, 0.717) is 18.7 Å². The Kier molecular flexibility index (Phi) is 4.84. The lowest BCUT2D eigenvalue weighted by Gasteiger charge is -2.35. The van der Waals surface area contributed by atoms with Crippen molar-refractivity contribution < 1.29 is 10.0 Å². The quantitative estimate of drug-likeness (QED) is 0.492. The average Bonchev–Trinajstić information content (AvgIpc) is 3.14. The summed E-state index contributed by atoms with van der Waals surface area (Å²) >= 11 is 0. The van der Waals surface area contributed by atoms with E-state index in [2.05, 4.69) is 9.80 Å². The second-order valence-corrected chi connectivity index (χ2v) is 7.41. The number of anilines is 2. The molecule has 6 heteroatoms. The van der Waals surface area contributed by atoms with Crippen LogP contribution in [0.15, 0.2) is 66.7 Å². The number of hydrogen-bond donors (Lipinski definition) is 0. The second-order valence-electron chi connectivity index (χ2n) is 7.41. The molecule has 1 fully saturated rings. The van der Waals surface area contributed by atoms with Crippen molar-refractivity contribution >= 4 is 17.1 Å². The zero-order chi connectivity index (χ0) is 20.5. The van der Waals surface area contributed by atoms with Gasteiger partial charge in [0.15, 0.2) is 0 Å². The van der Waals surface area contributed by atoms with Gasteiger partial charge in [-0.1, -0.05) is 41.5 Å². The Balaban J connectivity index is 1.83. The Bertz CT molecular complexity index is 979. The van der Waals surface area contributed by atoms with Gasteiger partial charge in [-0.2, -0.15) is 0 Å². The van der Waals surface area contributed by atoms with Crippen molar-refractivity contribution in [2.45, 2.75) is 20.0 Å². The van der Waals surface area contributed by atoms with Crippen molar-refractivity contribution in [2.24, 2.45) is 0 Å². The fraction of sp³-hybridized carbons (Fsp3) is 0.217. The topological polar surface area (TPSA) is 72.7 Å². The van der Waals surface area contributed by atoms with Gasteiger partial charge in [0.1, 0.15) is 6.17 Å². The van der Waals surface area contributed by atoms with Gasteiger partial charge in [0, 0.05) is 36.6 Å². The third-order valence-corrected chi connectivity index (χ3v) is 5.39. The Morgan fingerprint density at radius 2 is 1.31 bits per heavy atom. The number of nitro benzene ring substituents is 1. The molecule has 0 N–H and O–H groups in total. The highest BCUT2D eigenvalue weighted by atomic mass is 16.6. The molecule has 0 amide bonds. The number of non-ortho nitro benzene ring substituents is 1. The van der Waals surface area contributed by atoms with Crippen LogP contribution in [-0.4, -0.2) is 18.0 Å². The van der Waals surface area contributed by atoms with E-state index in [1.165, 1.54) is 18.2 Å². The van der Waals surface area contributed by atoms with Crippen LogP contribution in [0.3, 0.4) is 0 Å². The Morgan fingerprint density at radius 3 is 1.76 bits per heavy atom. The highest BCUT2D eigenvalue weighted by Gasteiger charge is 2.34. The maximum Gasteiger partial charge on any atom is 0.269 e. The zero-order valence-corrected chi connectivity index (χ0v) is 16.4. The molecule has 0 aliphatic carbocycles. The van der Waals surface area contributed by atoms with Crippen LogP contribution in [0.5, 0.6) is 5.75 Å². The van der Waals surface area contributed by atoms with Crippen LogP contribution in [0.4, 0.5) is 17.1 Å². The van der Waals surface area contributed by atoms with Crippen LogP contribution < -0.4 is 14.9 Å². The summed E-state index contributed by atoms with van der Waals surface area (Å²) in [4.78, 5) is 15.2. The van der Waals surface area contributed by atoms with Gasteiger partial charge >= 0.3 is 0 Å². The van der Waals surface area contributed by atoms with Crippen LogP contribution in [0.25, 0.3) is 0 Å². The molecule has 0 saturated carbocycles. The average molecular weight is 388 g/mol. The molecule has 0 unspecified atom stereocenters. The molecule has 1 aliphatic heterocycles.